The molecule has 0 radical (unpaired) electrons. The van der Waals surface area contributed by atoms with E-state index in [0.29, 0.717) is 0 Å². The van der Waals surface area contributed by atoms with Gasteiger partial charge in [-0.2, -0.15) is 0 Å². The standard InChI is InChI=1S/C12H22O11/c13-1-3-5(15)6(16)9(19)12(22-3)23-10-4(2-14)21-11(20)8(18)7(10)17/h3-20H,1-2H2/t3-,4-,5-,6+,7-,8-,9-,10-,11?,12+/m1/s1/i12+1. The first-order chi connectivity index (χ1) is 10.8. The van der Waals surface area contributed by atoms with Crippen molar-refractivity contribution in [3.63, 3.8) is 0 Å². The smallest absolute Gasteiger partial charge is 0.187 e. The lowest BCUT2D eigenvalue weighted by Gasteiger charge is -2.45. The van der Waals surface area contributed by atoms with Crippen LogP contribution in [-0.4, -0.2) is 115 Å². The third kappa shape index (κ3) is 3.65. The molecule has 2 aliphatic heterocycles. The molecule has 0 aliphatic carbocycles. The predicted molar refractivity (Wildman–Crippen MR) is 68.6 cm³/mol. The van der Waals surface area contributed by atoms with E-state index < -0.39 is 74.6 Å². The lowest BCUT2D eigenvalue weighted by Crippen LogP contribution is -2.64. The van der Waals surface area contributed by atoms with Gasteiger partial charge >= 0.3 is 0 Å². The molecular weight excluding hydrogens is 321 g/mol. The second kappa shape index (κ2) is 7.63. The normalized spacial score (nSPS) is 51.7. The van der Waals surface area contributed by atoms with E-state index in [9.17, 15) is 35.7 Å². The second-order valence-electron chi connectivity index (χ2n) is 5.53. The first kappa shape index (κ1) is 18.9. The van der Waals surface area contributed by atoms with E-state index in [0.717, 1.165) is 0 Å². The van der Waals surface area contributed by atoms with E-state index in [2.05, 4.69) is 0 Å². The molecule has 0 saturated carbocycles. The van der Waals surface area contributed by atoms with Crippen molar-refractivity contribution in [3.05, 3.63) is 0 Å². The maximum Gasteiger partial charge on any atom is 0.187 e. The first-order valence-electron chi connectivity index (χ1n) is 7.08. The Hall–Kier alpha value is -0.440. The zero-order valence-electron chi connectivity index (χ0n) is 12.0. The SMILES string of the molecule is OC[C@H]1O[13C@@H](O[C@H]2[C@H](O)[C@@H](O)C(O)O[C@@H]2CO)[C@H](O)[C@@H](O)[C@@H]1O. The highest BCUT2D eigenvalue weighted by Gasteiger charge is 2.50. The minimum absolute atomic E-state index is 0.667. The summed E-state index contributed by atoms with van der Waals surface area (Å²) in [6.07, 6.45) is -15.6. The van der Waals surface area contributed by atoms with Crippen molar-refractivity contribution in [2.45, 2.75) is 61.4 Å². The van der Waals surface area contributed by atoms with E-state index in [1.54, 1.807) is 0 Å². The first-order valence-corrected chi connectivity index (χ1v) is 7.08. The van der Waals surface area contributed by atoms with E-state index in [-0.39, 0.29) is 0 Å². The van der Waals surface area contributed by atoms with Crippen molar-refractivity contribution in [1.29, 1.82) is 0 Å². The molecule has 11 nitrogen and oxygen atoms in total. The van der Waals surface area contributed by atoms with Gasteiger partial charge in [-0.3, -0.25) is 0 Å². The second-order valence-corrected chi connectivity index (χ2v) is 5.53. The van der Waals surface area contributed by atoms with Crippen LogP contribution in [0.3, 0.4) is 0 Å². The molecule has 2 aliphatic rings. The van der Waals surface area contributed by atoms with Crippen molar-refractivity contribution < 1.29 is 55.1 Å². The summed E-state index contributed by atoms with van der Waals surface area (Å²) in [4.78, 5) is 0. The van der Waals surface area contributed by atoms with Gasteiger partial charge in [-0.15, -0.1) is 0 Å². The zero-order valence-corrected chi connectivity index (χ0v) is 12.0. The summed E-state index contributed by atoms with van der Waals surface area (Å²) in [7, 11) is 0. The molecule has 2 saturated heterocycles. The maximum atomic E-state index is 9.94. The Balaban J connectivity index is 2.11. The van der Waals surface area contributed by atoms with Gasteiger partial charge in [-0.1, -0.05) is 0 Å². The molecule has 2 heterocycles. The zero-order chi connectivity index (χ0) is 17.3. The number of aliphatic hydroxyl groups is 8. The summed E-state index contributed by atoms with van der Waals surface area (Å²) in [6, 6.07) is 0. The molecule has 2 fully saturated rings. The van der Waals surface area contributed by atoms with Crippen molar-refractivity contribution in [2.24, 2.45) is 0 Å². The summed E-state index contributed by atoms with van der Waals surface area (Å²) >= 11 is 0. The van der Waals surface area contributed by atoms with E-state index in [4.69, 9.17) is 19.3 Å². The summed E-state index contributed by atoms with van der Waals surface area (Å²) in [5.74, 6) is 0. The molecule has 0 aromatic rings. The number of hydrogen-bond acceptors (Lipinski definition) is 11. The summed E-state index contributed by atoms with van der Waals surface area (Å²) in [6.45, 7) is -1.35. The molecule has 8 N–H and O–H groups in total. The van der Waals surface area contributed by atoms with E-state index >= 15 is 0 Å². The summed E-state index contributed by atoms with van der Waals surface area (Å²) < 4.78 is 15.3. The molecule has 1 unspecified atom stereocenters. The molecule has 23 heavy (non-hydrogen) atoms. The van der Waals surface area contributed by atoms with Crippen LogP contribution in [0, 0.1) is 0 Å². The Morgan fingerprint density at radius 2 is 1.26 bits per heavy atom. The van der Waals surface area contributed by atoms with Gasteiger partial charge in [-0.25, -0.2) is 0 Å². The van der Waals surface area contributed by atoms with Crippen LogP contribution >= 0.6 is 0 Å². The maximum absolute atomic E-state index is 9.94. The molecular formula is C12H22O11. The molecule has 0 aromatic heterocycles. The Bertz CT molecular complexity index is 378. The minimum Gasteiger partial charge on any atom is -0.394 e. The van der Waals surface area contributed by atoms with Crippen LogP contribution in [0.1, 0.15) is 0 Å². The Morgan fingerprint density at radius 3 is 1.83 bits per heavy atom. The van der Waals surface area contributed by atoms with Crippen LogP contribution in [0.15, 0.2) is 0 Å². The topological polar surface area (TPSA) is 190 Å². The average Bonchev–Trinajstić information content (AvgIpc) is 2.55. The number of rotatable bonds is 4. The third-order valence-corrected chi connectivity index (χ3v) is 3.98. The summed E-state index contributed by atoms with van der Waals surface area (Å²) in [5, 5.41) is 76.5. The highest BCUT2D eigenvalue weighted by molar-refractivity contribution is 4.93. The van der Waals surface area contributed by atoms with Crippen molar-refractivity contribution in [3.8, 4) is 0 Å². The van der Waals surface area contributed by atoms with Crippen LogP contribution in [-0.2, 0) is 14.2 Å². The van der Waals surface area contributed by atoms with E-state index in [1.807, 2.05) is 0 Å². The largest absolute Gasteiger partial charge is 0.394 e. The highest BCUT2D eigenvalue weighted by atomic mass is 16.8. The fourth-order valence-corrected chi connectivity index (χ4v) is 2.57. The molecule has 0 amide bonds. The van der Waals surface area contributed by atoms with Crippen molar-refractivity contribution >= 4 is 0 Å². The molecule has 11 heteroatoms. The quantitative estimate of drug-likeness (QED) is 0.227. The Morgan fingerprint density at radius 1 is 0.652 bits per heavy atom. The Labute approximate surface area is 130 Å². The molecule has 2 rings (SSSR count). The lowest BCUT2D eigenvalue weighted by atomic mass is 9.99. The number of aliphatic hydroxyl groups excluding tert-OH is 8. The lowest BCUT2D eigenvalue weighted by molar-refractivity contribution is -0.355. The fourth-order valence-electron chi connectivity index (χ4n) is 2.57. The van der Waals surface area contributed by atoms with Gasteiger partial charge in [0.1, 0.15) is 48.8 Å². The molecule has 136 valence electrons. The van der Waals surface area contributed by atoms with Crippen molar-refractivity contribution in [1.82, 2.24) is 0 Å². The molecule has 10 atom stereocenters. The van der Waals surface area contributed by atoms with E-state index in [1.165, 1.54) is 0 Å². The highest BCUT2D eigenvalue weighted by Crippen LogP contribution is 2.28. The van der Waals surface area contributed by atoms with Gasteiger partial charge in [0, 0.05) is 0 Å². The predicted octanol–water partition coefficient (Wildman–Crippen LogP) is -5.40. The van der Waals surface area contributed by atoms with Crippen LogP contribution in [0.5, 0.6) is 0 Å². The third-order valence-electron chi connectivity index (χ3n) is 3.98. The molecule has 0 aromatic carbocycles. The van der Waals surface area contributed by atoms with Gasteiger partial charge in [0.2, 0.25) is 0 Å². The Kier molecular flexibility index (Phi) is 6.27. The average molecular weight is 343 g/mol. The van der Waals surface area contributed by atoms with Crippen LogP contribution in [0.25, 0.3) is 0 Å². The molecule has 0 spiro atoms. The number of hydrogen-bond donors (Lipinski definition) is 8. The molecule has 0 bridgehead atoms. The van der Waals surface area contributed by atoms with Crippen LogP contribution in [0.4, 0.5) is 0 Å². The fraction of sp³-hybridized carbons (Fsp3) is 1.00. The van der Waals surface area contributed by atoms with Gasteiger partial charge in [0.25, 0.3) is 0 Å². The monoisotopic (exact) mass is 343 g/mol. The van der Waals surface area contributed by atoms with Crippen LogP contribution < -0.4 is 0 Å². The van der Waals surface area contributed by atoms with Crippen molar-refractivity contribution in [2.75, 3.05) is 13.2 Å². The van der Waals surface area contributed by atoms with Gasteiger partial charge < -0.3 is 55.1 Å². The van der Waals surface area contributed by atoms with Gasteiger partial charge in [0.15, 0.2) is 12.6 Å². The van der Waals surface area contributed by atoms with Gasteiger partial charge in [-0.05, 0) is 0 Å². The van der Waals surface area contributed by atoms with Crippen LogP contribution in [0.2, 0.25) is 0 Å². The minimum atomic E-state index is -1.74. The van der Waals surface area contributed by atoms with Gasteiger partial charge in [0.05, 0.1) is 13.2 Å². The summed E-state index contributed by atoms with van der Waals surface area (Å²) in [5.41, 5.74) is 0. The number of ether oxygens (including phenoxy) is 3.